The molecule has 1 fully saturated rings. The minimum atomic E-state index is -0.265. The number of aryl methyl sites for hydroxylation is 1. The average molecular weight is 303 g/mol. The molecule has 1 saturated carbocycles. The van der Waals surface area contributed by atoms with E-state index in [9.17, 15) is 9.59 Å². The summed E-state index contributed by atoms with van der Waals surface area (Å²) in [6.07, 6.45) is 4.57. The fraction of sp³-hybridized carbons (Fsp3) is 0.556. The van der Waals surface area contributed by atoms with Crippen LogP contribution in [-0.2, 0) is 14.3 Å². The van der Waals surface area contributed by atoms with Crippen LogP contribution in [-0.4, -0.2) is 18.0 Å². The fourth-order valence-corrected chi connectivity index (χ4v) is 2.89. The zero-order valence-electron chi connectivity index (χ0n) is 13.4. The third-order valence-electron chi connectivity index (χ3n) is 4.04. The number of anilines is 1. The van der Waals surface area contributed by atoms with E-state index in [4.69, 9.17) is 4.74 Å². The number of esters is 1. The summed E-state index contributed by atoms with van der Waals surface area (Å²) in [4.78, 5) is 23.7. The van der Waals surface area contributed by atoms with E-state index >= 15 is 0 Å². The van der Waals surface area contributed by atoms with Gasteiger partial charge in [0, 0.05) is 12.1 Å². The molecule has 1 N–H and O–H groups in total. The molecule has 0 spiro atoms. The molecule has 1 aliphatic rings. The summed E-state index contributed by atoms with van der Waals surface area (Å²) in [6.45, 7) is 4.16. The third-order valence-corrected chi connectivity index (χ3v) is 4.04. The lowest BCUT2D eigenvalue weighted by Crippen LogP contribution is -2.25. The SMILES string of the molecule is Cc1cccc(NC(=O)CCC(=O)OC2CCCC(C)C2)c1. The van der Waals surface area contributed by atoms with E-state index in [0.717, 1.165) is 30.5 Å². The van der Waals surface area contributed by atoms with Crippen molar-refractivity contribution >= 4 is 17.6 Å². The van der Waals surface area contributed by atoms with Crippen LogP contribution in [0.5, 0.6) is 0 Å². The van der Waals surface area contributed by atoms with Gasteiger partial charge in [0.1, 0.15) is 6.10 Å². The summed E-state index contributed by atoms with van der Waals surface area (Å²) >= 11 is 0. The Kier molecular flexibility index (Phi) is 5.99. The quantitative estimate of drug-likeness (QED) is 0.841. The van der Waals surface area contributed by atoms with Gasteiger partial charge in [-0.3, -0.25) is 9.59 Å². The van der Waals surface area contributed by atoms with Gasteiger partial charge in [0.15, 0.2) is 0 Å². The Morgan fingerprint density at radius 2 is 2.09 bits per heavy atom. The normalized spacial score (nSPS) is 21.2. The van der Waals surface area contributed by atoms with Gasteiger partial charge < -0.3 is 10.1 Å². The van der Waals surface area contributed by atoms with Crippen molar-refractivity contribution in [1.82, 2.24) is 0 Å². The zero-order chi connectivity index (χ0) is 15.9. The minimum absolute atomic E-state index is 0.0380. The number of rotatable bonds is 5. The van der Waals surface area contributed by atoms with Crippen LogP contribution in [0.3, 0.4) is 0 Å². The van der Waals surface area contributed by atoms with Crippen LogP contribution in [0.25, 0.3) is 0 Å². The molecule has 4 nitrogen and oxygen atoms in total. The standard InChI is InChI=1S/C18H25NO3/c1-13-5-3-7-15(11-13)19-17(20)9-10-18(21)22-16-8-4-6-14(2)12-16/h3,5,7,11,14,16H,4,6,8-10,12H2,1-2H3,(H,19,20). The highest BCUT2D eigenvalue weighted by molar-refractivity contribution is 5.92. The lowest BCUT2D eigenvalue weighted by Gasteiger charge is -2.26. The maximum Gasteiger partial charge on any atom is 0.306 e. The Balaban J connectivity index is 1.70. The monoisotopic (exact) mass is 303 g/mol. The smallest absolute Gasteiger partial charge is 0.306 e. The lowest BCUT2D eigenvalue weighted by molar-refractivity contribution is -0.152. The van der Waals surface area contributed by atoms with E-state index in [2.05, 4.69) is 12.2 Å². The van der Waals surface area contributed by atoms with Gasteiger partial charge in [0.25, 0.3) is 0 Å². The predicted molar refractivity (Wildman–Crippen MR) is 86.6 cm³/mol. The molecule has 0 aromatic heterocycles. The Bertz CT molecular complexity index is 527. The van der Waals surface area contributed by atoms with E-state index in [1.165, 1.54) is 6.42 Å². The number of hydrogen-bond acceptors (Lipinski definition) is 3. The molecule has 22 heavy (non-hydrogen) atoms. The van der Waals surface area contributed by atoms with Crippen LogP contribution in [0.15, 0.2) is 24.3 Å². The maximum atomic E-state index is 11.9. The van der Waals surface area contributed by atoms with E-state index in [1.807, 2.05) is 31.2 Å². The van der Waals surface area contributed by atoms with E-state index in [0.29, 0.717) is 5.92 Å². The first kappa shape index (κ1) is 16.5. The van der Waals surface area contributed by atoms with E-state index < -0.39 is 0 Å². The minimum Gasteiger partial charge on any atom is -0.462 e. The summed E-state index contributed by atoms with van der Waals surface area (Å²) in [7, 11) is 0. The second-order valence-electron chi connectivity index (χ2n) is 6.30. The third kappa shape index (κ3) is 5.51. The van der Waals surface area contributed by atoms with Crippen LogP contribution in [0.4, 0.5) is 5.69 Å². The topological polar surface area (TPSA) is 55.4 Å². The number of benzene rings is 1. The molecular weight excluding hydrogens is 278 g/mol. The Morgan fingerprint density at radius 3 is 2.82 bits per heavy atom. The summed E-state index contributed by atoms with van der Waals surface area (Å²) in [5, 5.41) is 2.80. The van der Waals surface area contributed by atoms with Crippen LogP contribution in [0.2, 0.25) is 0 Å². The molecular formula is C18H25NO3. The van der Waals surface area contributed by atoms with Crippen molar-refractivity contribution in [3.63, 3.8) is 0 Å². The number of ether oxygens (including phenoxy) is 1. The first-order valence-electron chi connectivity index (χ1n) is 8.09. The number of amides is 1. The predicted octanol–water partition coefficient (Wildman–Crippen LogP) is 3.84. The molecule has 1 aromatic rings. The number of hydrogen-bond donors (Lipinski definition) is 1. The summed E-state index contributed by atoms with van der Waals surface area (Å²) in [6, 6.07) is 7.61. The van der Waals surface area contributed by atoms with Crippen molar-refractivity contribution in [2.24, 2.45) is 5.92 Å². The molecule has 120 valence electrons. The van der Waals surface area contributed by atoms with Crippen LogP contribution < -0.4 is 5.32 Å². The molecule has 2 atom stereocenters. The second kappa shape index (κ2) is 7.97. The molecule has 1 amide bonds. The van der Waals surface area contributed by atoms with Gasteiger partial charge in [-0.25, -0.2) is 0 Å². The maximum absolute atomic E-state index is 11.9. The largest absolute Gasteiger partial charge is 0.462 e. The van der Waals surface area contributed by atoms with Gasteiger partial charge >= 0.3 is 5.97 Å². The van der Waals surface area contributed by atoms with Gasteiger partial charge in [-0.15, -0.1) is 0 Å². The number of nitrogens with one attached hydrogen (secondary N) is 1. The van der Waals surface area contributed by atoms with Crippen molar-refractivity contribution in [1.29, 1.82) is 0 Å². The van der Waals surface area contributed by atoms with E-state index in [-0.39, 0.29) is 30.8 Å². The van der Waals surface area contributed by atoms with Crippen molar-refractivity contribution in [3.8, 4) is 0 Å². The van der Waals surface area contributed by atoms with Gasteiger partial charge in [-0.2, -0.15) is 0 Å². The van der Waals surface area contributed by atoms with Crippen LogP contribution in [0, 0.1) is 12.8 Å². The van der Waals surface area contributed by atoms with Gasteiger partial charge in [0.05, 0.1) is 6.42 Å². The van der Waals surface area contributed by atoms with E-state index in [1.54, 1.807) is 0 Å². The molecule has 0 saturated heterocycles. The number of carbonyl (C=O) groups is 2. The molecule has 0 aliphatic heterocycles. The van der Waals surface area contributed by atoms with Gasteiger partial charge in [0.2, 0.25) is 5.91 Å². The molecule has 4 heteroatoms. The first-order valence-corrected chi connectivity index (χ1v) is 8.09. The highest BCUT2D eigenvalue weighted by Gasteiger charge is 2.22. The van der Waals surface area contributed by atoms with Crippen molar-refractivity contribution in [3.05, 3.63) is 29.8 Å². The number of carbonyl (C=O) groups excluding carboxylic acids is 2. The van der Waals surface area contributed by atoms with Crippen molar-refractivity contribution in [2.45, 2.75) is 58.5 Å². The lowest BCUT2D eigenvalue weighted by atomic mass is 9.89. The highest BCUT2D eigenvalue weighted by atomic mass is 16.5. The van der Waals surface area contributed by atoms with Crippen LogP contribution >= 0.6 is 0 Å². The highest BCUT2D eigenvalue weighted by Crippen LogP contribution is 2.26. The Hall–Kier alpha value is -1.84. The summed E-state index contributed by atoms with van der Waals surface area (Å²) < 4.78 is 5.46. The fourth-order valence-electron chi connectivity index (χ4n) is 2.89. The van der Waals surface area contributed by atoms with Gasteiger partial charge in [-0.05, 0) is 49.8 Å². The molecule has 2 rings (SSSR count). The molecule has 1 aromatic carbocycles. The summed E-state index contributed by atoms with van der Waals surface area (Å²) in [5.41, 5.74) is 1.85. The van der Waals surface area contributed by atoms with Crippen molar-refractivity contribution in [2.75, 3.05) is 5.32 Å². The Morgan fingerprint density at radius 1 is 1.27 bits per heavy atom. The first-order chi connectivity index (χ1) is 10.5. The molecule has 0 radical (unpaired) electrons. The molecule has 1 aliphatic carbocycles. The van der Waals surface area contributed by atoms with Crippen LogP contribution in [0.1, 0.15) is 51.0 Å². The molecule has 0 heterocycles. The Labute approximate surface area is 132 Å². The van der Waals surface area contributed by atoms with Crippen molar-refractivity contribution < 1.29 is 14.3 Å². The molecule has 2 unspecified atom stereocenters. The average Bonchev–Trinajstić information content (AvgIpc) is 2.45. The zero-order valence-corrected chi connectivity index (χ0v) is 13.4. The molecule has 0 bridgehead atoms. The summed E-state index contributed by atoms with van der Waals surface area (Å²) in [5.74, 6) is 0.203. The van der Waals surface area contributed by atoms with Gasteiger partial charge in [-0.1, -0.05) is 25.5 Å². The second-order valence-corrected chi connectivity index (χ2v) is 6.30.